The van der Waals surface area contributed by atoms with Gasteiger partial charge in [0.05, 0.1) is 0 Å². The van der Waals surface area contributed by atoms with Crippen LogP contribution in [0.15, 0.2) is 12.0 Å². The number of aliphatic hydroxyl groups is 1. The molecule has 0 fully saturated rings. The second-order valence-corrected chi connectivity index (χ2v) is 1.75. The van der Waals surface area contributed by atoms with Gasteiger partial charge in [-0.2, -0.15) is 0 Å². The molecule has 79 valence electrons. The molecule has 0 saturated heterocycles. The van der Waals surface area contributed by atoms with Crippen molar-refractivity contribution >= 4 is 0 Å². The van der Waals surface area contributed by atoms with Crippen molar-refractivity contribution in [2.75, 3.05) is 26.4 Å². The molecule has 5 N–H and O–H groups in total. The third-order valence-electron chi connectivity index (χ3n) is 0.948. The molecule has 0 aliphatic carbocycles. The summed E-state index contributed by atoms with van der Waals surface area (Å²) in [5.41, 5.74) is 12.0. The van der Waals surface area contributed by atoms with E-state index in [2.05, 4.69) is 18.2 Å². The molecule has 0 aromatic carbocycles. The summed E-state index contributed by atoms with van der Waals surface area (Å²) in [4.78, 5) is 0. The molecule has 0 aromatic heterocycles. The van der Waals surface area contributed by atoms with Crippen LogP contribution in [0.3, 0.4) is 0 Å². The molecule has 0 saturated carbocycles. The van der Waals surface area contributed by atoms with E-state index in [0.29, 0.717) is 19.0 Å². The summed E-state index contributed by atoms with van der Waals surface area (Å²) >= 11 is 0. The van der Waals surface area contributed by atoms with Crippen molar-refractivity contribution in [3.05, 3.63) is 17.7 Å². The minimum atomic E-state index is -0.378. The number of terminal acetylenes is 1. The van der Waals surface area contributed by atoms with E-state index in [1.165, 1.54) is 0 Å². The predicted octanol–water partition coefficient (Wildman–Crippen LogP) is -0.358. The molecule has 14 heavy (non-hydrogen) atoms. The van der Waals surface area contributed by atoms with E-state index in [0.717, 1.165) is 0 Å². The standard InChI is InChI=1S/C6H14N3O2.C2H2.Y/c7-2-1-6(11-5-10)9-4-3-8;1-2;/h1,8-10H,2-5,7H2;1-2H;/q-1;;/b6-1-;;. The molecule has 1 radical (unpaired) electrons. The summed E-state index contributed by atoms with van der Waals surface area (Å²) in [6, 6.07) is 0. The predicted molar refractivity (Wildman–Crippen MR) is 52.4 cm³/mol. The van der Waals surface area contributed by atoms with Crippen LogP contribution in [-0.4, -0.2) is 31.5 Å². The first-order chi connectivity index (χ1) is 6.35. The Morgan fingerprint density at radius 1 is 1.57 bits per heavy atom. The van der Waals surface area contributed by atoms with Gasteiger partial charge >= 0.3 is 0 Å². The summed E-state index contributed by atoms with van der Waals surface area (Å²) in [6.45, 7) is 0.722. The van der Waals surface area contributed by atoms with E-state index in [1.807, 2.05) is 0 Å². The first kappa shape index (κ1) is 19.5. The van der Waals surface area contributed by atoms with Gasteiger partial charge in [-0.3, -0.25) is 0 Å². The molecule has 5 nitrogen and oxygen atoms in total. The monoisotopic (exact) mass is 275 g/mol. The Morgan fingerprint density at radius 3 is 2.50 bits per heavy atom. The van der Waals surface area contributed by atoms with E-state index in [1.54, 1.807) is 6.08 Å². The number of ether oxygens (including phenoxy) is 1. The van der Waals surface area contributed by atoms with Gasteiger partial charge in [0.25, 0.3) is 0 Å². The van der Waals surface area contributed by atoms with Crippen LogP contribution in [0.1, 0.15) is 0 Å². The molecule has 0 spiro atoms. The number of nitrogens with two attached hydrogens (primary N) is 1. The van der Waals surface area contributed by atoms with Crippen LogP contribution in [0.25, 0.3) is 5.73 Å². The molecular formula is C8H16N3O2Y-. The fourth-order valence-corrected chi connectivity index (χ4v) is 0.544. The molecular weight excluding hydrogens is 259 g/mol. The Balaban J connectivity index is -0.000000376. The second kappa shape index (κ2) is 18.6. The maximum atomic E-state index is 8.37. The zero-order valence-corrected chi connectivity index (χ0v) is 10.9. The van der Waals surface area contributed by atoms with Crippen LogP contribution < -0.4 is 11.1 Å². The first-order valence-electron chi connectivity index (χ1n) is 3.70. The van der Waals surface area contributed by atoms with Gasteiger partial charge in [0, 0.05) is 39.3 Å². The van der Waals surface area contributed by atoms with Crippen molar-refractivity contribution in [1.82, 2.24) is 5.32 Å². The van der Waals surface area contributed by atoms with E-state index in [4.69, 9.17) is 21.3 Å². The van der Waals surface area contributed by atoms with Crippen LogP contribution in [-0.2, 0) is 37.4 Å². The van der Waals surface area contributed by atoms with Gasteiger partial charge in [-0.1, -0.05) is 0 Å². The Kier molecular flexibility index (Phi) is 25.9. The number of rotatable bonds is 6. The van der Waals surface area contributed by atoms with Crippen LogP contribution in [0.5, 0.6) is 0 Å². The average Bonchev–Trinajstić information content (AvgIpc) is 2.18. The molecule has 0 amide bonds. The summed E-state index contributed by atoms with van der Waals surface area (Å²) in [5, 5.41) is 11.2. The van der Waals surface area contributed by atoms with Crippen molar-refractivity contribution in [2.45, 2.75) is 0 Å². The molecule has 0 aromatic rings. The van der Waals surface area contributed by atoms with Crippen molar-refractivity contribution < 1.29 is 42.6 Å². The van der Waals surface area contributed by atoms with Crippen LogP contribution in [0.2, 0.25) is 0 Å². The normalized spacial score (nSPS) is 9.07. The van der Waals surface area contributed by atoms with E-state index >= 15 is 0 Å². The quantitative estimate of drug-likeness (QED) is 0.351. The van der Waals surface area contributed by atoms with E-state index in [9.17, 15) is 0 Å². The molecule has 0 unspecified atom stereocenters. The number of hydrogen-bond acceptors (Lipinski definition) is 4. The Labute approximate surface area is 110 Å². The maximum Gasteiger partial charge on any atom is 0.188 e. The van der Waals surface area contributed by atoms with Crippen LogP contribution in [0, 0.1) is 12.8 Å². The van der Waals surface area contributed by atoms with Gasteiger partial charge in [0.1, 0.15) is 0 Å². The molecule has 6 heteroatoms. The summed E-state index contributed by atoms with van der Waals surface area (Å²) in [6.07, 6.45) is 9.60. The zero-order valence-electron chi connectivity index (χ0n) is 8.07. The van der Waals surface area contributed by atoms with E-state index in [-0.39, 0.29) is 46.0 Å². The fraction of sp³-hybridized carbons (Fsp3) is 0.500. The zero-order chi connectivity index (χ0) is 10.5. The molecule has 0 atom stereocenters. The van der Waals surface area contributed by atoms with Gasteiger partial charge < -0.3 is 26.6 Å². The largest absolute Gasteiger partial charge is 0.676 e. The second-order valence-electron chi connectivity index (χ2n) is 1.75. The SMILES string of the molecule is C#C.[NH-]CCN/C(=C/CN)OCO.[Y]. The summed E-state index contributed by atoms with van der Waals surface area (Å²) in [7, 11) is 0. The Morgan fingerprint density at radius 2 is 2.14 bits per heavy atom. The number of hydrogen-bond donors (Lipinski definition) is 3. The minimum Gasteiger partial charge on any atom is -0.676 e. The maximum absolute atomic E-state index is 8.37. The van der Waals surface area contributed by atoms with Crippen molar-refractivity contribution in [1.29, 1.82) is 0 Å². The summed E-state index contributed by atoms with van der Waals surface area (Å²) < 4.78 is 4.73. The van der Waals surface area contributed by atoms with Crippen molar-refractivity contribution in [3.63, 3.8) is 0 Å². The van der Waals surface area contributed by atoms with Crippen LogP contribution in [0.4, 0.5) is 0 Å². The van der Waals surface area contributed by atoms with Crippen LogP contribution >= 0.6 is 0 Å². The first-order valence-corrected chi connectivity index (χ1v) is 3.70. The molecule has 0 rings (SSSR count). The third-order valence-corrected chi connectivity index (χ3v) is 0.948. The Bertz CT molecular complexity index is 151. The number of aliphatic hydroxyl groups excluding tert-OH is 1. The van der Waals surface area contributed by atoms with Gasteiger partial charge in [0.2, 0.25) is 0 Å². The van der Waals surface area contributed by atoms with Gasteiger partial charge in [-0.15, -0.1) is 19.4 Å². The molecule has 0 heterocycles. The van der Waals surface area contributed by atoms with Gasteiger partial charge in [-0.05, 0) is 12.6 Å². The smallest absolute Gasteiger partial charge is 0.188 e. The van der Waals surface area contributed by atoms with Gasteiger partial charge in [0.15, 0.2) is 12.7 Å². The molecule has 0 aliphatic rings. The fourth-order valence-electron chi connectivity index (χ4n) is 0.544. The number of nitrogens with one attached hydrogen (secondary N) is 2. The van der Waals surface area contributed by atoms with Crippen molar-refractivity contribution in [3.8, 4) is 12.8 Å². The van der Waals surface area contributed by atoms with Crippen molar-refractivity contribution in [2.24, 2.45) is 5.73 Å². The van der Waals surface area contributed by atoms with Gasteiger partial charge in [-0.25, -0.2) is 0 Å². The average molecular weight is 275 g/mol. The third kappa shape index (κ3) is 14.4. The topological polar surface area (TPSA) is 91.3 Å². The Hall–Kier alpha value is -0.116. The molecule has 0 bridgehead atoms. The molecule has 0 aliphatic heterocycles. The summed E-state index contributed by atoms with van der Waals surface area (Å²) in [5.74, 6) is 0.433. The van der Waals surface area contributed by atoms with E-state index < -0.39 is 0 Å². The minimum absolute atomic E-state index is 0.